The van der Waals surface area contributed by atoms with Crippen molar-refractivity contribution in [2.24, 2.45) is 0 Å². The maximum Gasteiger partial charge on any atom is 0.00456 e. The van der Waals surface area contributed by atoms with Gasteiger partial charge in [-0.15, -0.1) is 0 Å². The standard InChI is InChI=1S/C3H7NS2.Tc/c1-4(2)3(5)6;/h1-2H3,(H,5,6);/p-1/i;1+1. The molecule has 1 nitrogen and oxygen atoms in total. The second-order valence-electron chi connectivity index (χ2n) is 1.16. The molecule has 0 rings (SSSR count). The Morgan fingerprint density at radius 3 is 1.71 bits per heavy atom. The molecule has 0 saturated heterocycles. The molecule has 0 heterocycles. The molecule has 0 spiro atoms. The van der Waals surface area contributed by atoms with E-state index in [1.165, 1.54) is 0 Å². The first kappa shape index (κ1) is 10.7. The van der Waals surface area contributed by atoms with Crippen LogP contribution in [0.2, 0.25) is 0 Å². The second kappa shape index (κ2) is 4.91. The minimum absolute atomic E-state index is 0. The third-order valence-electron chi connectivity index (χ3n) is 0.365. The number of nitrogens with zero attached hydrogens (tertiary/aromatic N) is 1. The molecular formula is C3H6NS2Tc-. The summed E-state index contributed by atoms with van der Waals surface area (Å²) >= 11 is 9.12. The van der Waals surface area contributed by atoms with Gasteiger partial charge in [0.2, 0.25) is 0 Å². The van der Waals surface area contributed by atoms with Crippen LogP contribution < -0.4 is 0 Å². The van der Waals surface area contributed by atoms with Crippen LogP contribution in [0.15, 0.2) is 0 Å². The molecule has 0 atom stereocenters. The van der Waals surface area contributed by atoms with Gasteiger partial charge in [0.25, 0.3) is 0 Å². The van der Waals surface area contributed by atoms with Gasteiger partial charge in [-0.05, 0) is 0 Å². The molecule has 0 aromatic heterocycles. The average molecular weight is 219 g/mol. The summed E-state index contributed by atoms with van der Waals surface area (Å²) in [5, 5.41) is 0. The molecular weight excluding hydrogens is 213 g/mol. The van der Waals surface area contributed by atoms with Gasteiger partial charge in [-0.1, -0.05) is 4.32 Å². The van der Waals surface area contributed by atoms with Crippen molar-refractivity contribution >= 4 is 29.2 Å². The molecule has 0 amide bonds. The third kappa shape index (κ3) is 6.76. The van der Waals surface area contributed by atoms with E-state index in [0.717, 1.165) is 0 Å². The van der Waals surface area contributed by atoms with Gasteiger partial charge in [-0.3, -0.25) is 0 Å². The first-order chi connectivity index (χ1) is 2.64. The summed E-state index contributed by atoms with van der Waals surface area (Å²) in [6, 6.07) is 0. The Morgan fingerprint density at radius 1 is 1.57 bits per heavy atom. The predicted molar refractivity (Wildman–Crippen MR) is 33.6 cm³/mol. The van der Waals surface area contributed by atoms with E-state index in [1.807, 2.05) is 14.1 Å². The summed E-state index contributed by atoms with van der Waals surface area (Å²) in [5.41, 5.74) is 0. The van der Waals surface area contributed by atoms with Crippen LogP contribution in [0.1, 0.15) is 0 Å². The zero-order valence-corrected chi connectivity index (χ0v) is 7.63. The largest absolute Gasteiger partial charge is 0.411 e. The fourth-order valence-electron chi connectivity index (χ4n) is 0. The van der Waals surface area contributed by atoms with Crippen LogP contribution in [-0.2, 0) is 32.7 Å². The molecule has 0 aliphatic rings. The van der Waals surface area contributed by atoms with E-state index in [4.69, 9.17) is 0 Å². The summed E-state index contributed by atoms with van der Waals surface area (Å²) in [6.07, 6.45) is 0. The second-order valence-corrected chi connectivity index (χ2v) is 2.19. The van der Waals surface area contributed by atoms with E-state index < -0.39 is 0 Å². The smallest absolute Gasteiger partial charge is 0.00456 e. The van der Waals surface area contributed by atoms with Gasteiger partial charge in [0.15, 0.2) is 0 Å². The monoisotopic (exact) mass is 219 g/mol. The number of hydrogen-bond donors (Lipinski definition) is 0. The van der Waals surface area contributed by atoms with Crippen LogP contribution in [0.25, 0.3) is 0 Å². The Hall–Kier alpha value is 0.759. The van der Waals surface area contributed by atoms with E-state index in [9.17, 15) is 0 Å². The van der Waals surface area contributed by atoms with E-state index in [-0.39, 0.29) is 20.1 Å². The van der Waals surface area contributed by atoms with Gasteiger partial charge in [0, 0.05) is 34.2 Å². The molecule has 0 aromatic rings. The molecule has 0 fully saturated rings. The Labute approximate surface area is 68.2 Å². The van der Waals surface area contributed by atoms with E-state index in [1.54, 1.807) is 4.90 Å². The predicted octanol–water partition coefficient (Wildman–Crippen LogP) is 0.377. The molecule has 0 bridgehead atoms. The average Bonchev–Trinajstić information content (AvgIpc) is 1.36. The molecule has 0 aliphatic heterocycles. The summed E-state index contributed by atoms with van der Waals surface area (Å²) in [7, 11) is 3.66. The summed E-state index contributed by atoms with van der Waals surface area (Å²) in [6.45, 7) is 0. The fraction of sp³-hybridized carbons (Fsp3) is 0.667. The molecule has 0 saturated carbocycles. The van der Waals surface area contributed by atoms with Crippen LogP contribution in [0.3, 0.4) is 0 Å². The van der Waals surface area contributed by atoms with Crippen LogP contribution in [0, 0.1) is 0 Å². The van der Waals surface area contributed by atoms with Crippen molar-refractivity contribution in [3.63, 3.8) is 0 Å². The molecule has 7 heavy (non-hydrogen) atoms. The zero-order valence-electron chi connectivity index (χ0n) is 4.14. The summed E-state index contributed by atoms with van der Waals surface area (Å²) in [4.78, 5) is 1.71. The molecule has 1 radical (unpaired) electrons. The Bertz CT molecular complexity index is 64.0. The van der Waals surface area contributed by atoms with Crippen molar-refractivity contribution in [3.05, 3.63) is 0 Å². The van der Waals surface area contributed by atoms with Crippen LogP contribution in [-0.4, -0.2) is 23.3 Å². The van der Waals surface area contributed by atoms with Gasteiger partial charge >= 0.3 is 0 Å². The first-order valence-electron chi connectivity index (χ1n) is 1.53. The van der Waals surface area contributed by atoms with E-state index in [0.29, 0.717) is 4.32 Å². The van der Waals surface area contributed by atoms with Crippen LogP contribution in [0.4, 0.5) is 0 Å². The quantitative estimate of drug-likeness (QED) is 0.428. The molecule has 0 aromatic carbocycles. The fourth-order valence-corrected chi connectivity index (χ4v) is 0. The molecule has 4 heteroatoms. The zero-order chi connectivity index (χ0) is 5.15. The van der Waals surface area contributed by atoms with Crippen LogP contribution >= 0.6 is 12.2 Å². The Morgan fingerprint density at radius 2 is 1.71 bits per heavy atom. The molecule has 0 aliphatic carbocycles. The Balaban J connectivity index is 0. The van der Waals surface area contributed by atoms with Gasteiger partial charge < -0.3 is 29.7 Å². The van der Waals surface area contributed by atoms with Crippen molar-refractivity contribution in [3.8, 4) is 0 Å². The number of thiocarbonyl (C=S) groups is 1. The topological polar surface area (TPSA) is 3.24 Å². The van der Waals surface area contributed by atoms with Crippen molar-refractivity contribution in [1.82, 2.24) is 4.90 Å². The van der Waals surface area contributed by atoms with Gasteiger partial charge in [-0.2, -0.15) is 0 Å². The normalized spacial score (nSPS) is 6.57. The molecule has 0 unspecified atom stereocenters. The minimum Gasteiger partial charge on any atom is -0.411 e. The number of hydrogen-bond acceptors (Lipinski definition) is 2. The molecule has 0 N–H and O–H groups in total. The molecule has 43 valence electrons. The minimum atomic E-state index is 0. The van der Waals surface area contributed by atoms with Crippen LogP contribution in [0.5, 0.6) is 0 Å². The van der Waals surface area contributed by atoms with Gasteiger partial charge in [0.05, 0.1) is 0 Å². The van der Waals surface area contributed by atoms with Gasteiger partial charge in [0.1, 0.15) is 0 Å². The van der Waals surface area contributed by atoms with Crippen molar-refractivity contribution in [2.45, 2.75) is 0 Å². The Kier molecular flexibility index (Phi) is 7.49. The van der Waals surface area contributed by atoms with E-state index >= 15 is 0 Å². The third-order valence-corrected chi connectivity index (χ3v) is 1.10. The van der Waals surface area contributed by atoms with Crippen molar-refractivity contribution < 1.29 is 20.1 Å². The van der Waals surface area contributed by atoms with Gasteiger partial charge in [-0.25, -0.2) is 0 Å². The van der Waals surface area contributed by atoms with Crippen molar-refractivity contribution in [2.75, 3.05) is 14.1 Å². The van der Waals surface area contributed by atoms with Crippen molar-refractivity contribution in [1.29, 1.82) is 0 Å². The first-order valence-corrected chi connectivity index (χ1v) is 2.34. The maximum atomic E-state index is 4.56. The number of rotatable bonds is 0. The summed E-state index contributed by atoms with van der Waals surface area (Å²) < 4.78 is 0.509. The summed E-state index contributed by atoms with van der Waals surface area (Å²) in [5.74, 6) is 0. The maximum absolute atomic E-state index is 4.56. The van der Waals surface area contributed by atoms with E-state index in [2.05, 4.69) is 24.8 Å². The SMILES string of the molecule is CN(C)C(=S)[S-].[99Tc].